The van der Waals surface area contributed by atoms with Crippen molar-refractivity contribution in [1.82, 2.24) is 0 Å². The molecule has 1 aromatic rings. The molecule has 0 atom stereocenters. The van der Waals surface area contributed by atoms with Crippen molar-refractivity contribution in [1.29, 1.82) is 10.5 Å². The molecule has 0 aliphatic carbocycles. The van der Waals surface area contributed by atoms with Gasteiger partial charge in [0.1, 0.15) is 17.9 Å². The molecule has 0 bridgehead atoms. The number of halogens is 3. The molecule has 0 unspecified atom stereocenters. The molecule has 0 saturated carbocycles. The second-order valence-corrected chi connectivity index (χ2v) is 8.43. The van der Waals surface area contributed by atoms with E-state index in [9.17, 15) is 0 Å². The summed E-state index contributed by atoms with van der Waals surface area (Å²) in [6.45, 7) is 4.03. The summed E-state index contributed by atoms with van der Waals surface area (Å²) >= 11 is 10.4. The van der Waals surface area contributed by atoms with Crippen LogP contribution in [0.15, 0.2) is 18.2 Å². The number of ether oxygens (including phenoxy) is 1. The van der Waals surface area contributed by atoms with Gasteiger partial charge in [-0.1, -0.05) is 29.8 Å². The number of nitriles is 2. The normalized spacial score (nSPS) is 11.5. The molecule has 100 valence electrons. The van der Waals surface area contributed by atoms with E-state index in [0.717, 1.165) is 0 Å². The van der Waals surface area contributed by atoms with Gasteiger partial charge in [0.05, 0.1) is 11.1 Å². The average molecular weight is 451 g/mol. The Hall–Kier alpha value is -0.560. The molecule has 19 heavy (non-hydrogen) atoms. The van der Waals surface area contributed by atoms with Gasteiger partial charge in [-0.25, -0.2) is 0 Å². The lowest BCUT2D eigenvalue weighted by atomic mass is 9.98. The van der Waals surface area contributed by atoms with Crippen LogP contribution in [-0.4, -0.2) is 8.75 Å². The van der Waals surface area contributed by atoms with Gasteiger partial charge in [0, 0.05) is 10.7 Å². The van der Waals surface area contributed by atoms with Crippen molar-refractivity contribution in [3.8, 4) is 17.9 Å². The van der Waals surface area contributed by atoms with Crippen molar-refractivity contribution in [2.45, 2.75) is 17.3 Å². The van der Waals surface area contributed by atoms with Crippen LogP contribution in [-0.2, 0) is 0 Å². The SMILES string of the molecule is CC(C)(CBr)C(Br)(Br)Oc1ccc(C#N)c(C#N)c1. The minimum atomic E-state index is -0.780. The second-order valence-electron chi connectivity index (χ2n) is 4.57. The lowest BCUT2D eigenvalue weighted by Gasteiger charge is -2.36. The van der Waals surface area contributed by atoms with Gasteiger partial charge in [-0.2, -0.15) is 10.5 Å². The lowest BCUT2D eigenvalue weighted by Crippen LogP contribution is -2.39. The first-order valence-electron chi connectivity index (χ1n) is 5.34. The summed E-state index contributed by atoms with van der Waals surface area (Å²) in [6, 6.07) is 8.75. The lowest BCUT2D eigenvalue weighted by molar-refractivity contribution is 0.152. The maximum absolute atomic E-state index is 8.99. The number of rotatable bonds is 4. The Morgan fingerprint density at radius 2 is 1.74 bits per heavy atom. The summed E-state index contributed by atoms with van der Waals surface area (Å²) in [5, 5.41) is 18.6. The third-order valence-corrected chi connectivity index (χ3v) is 6.47. The molecule has 0 saturated heterocycles. The van der Waals surface area contributed by atoms with E-state index in [-0.39, 0.29) is 5.41 Å². The Morgan fingerprint density at radius 1 is 1.16 bits per heavy atom. The minimum Gasteiger partial charge on any atom is -0.465 e. The van der Waals surface area contributed by atoms with Gasteiger partial charge < -0.3 is 4.74 Å². The molecule has 0 aliphatic heterocycles. The van der Waals surface area contributed by atoms with Crippen LogP contribution in [0.5, 0.6) is 5.75 Å². The van der Waals surface area contributed by atoms with Crippen LogP contribution in [0.4, 0.5) is 0 Å². The van der Waals surface area contributed by atoms with Crippen LogP contribution in [0.2, 0.25) is 0 Å². The van der Waals surface area contributed by atoms with E-state index < -0.39 is 3.42 Å². The van der Waals surface area contributed by atoms with Gasteiger partial charge in [0.2, 0.25) is 3.42 Å². The molecule has 1 rings (SSSR count). The molecule has 0 fully saturated rings. The van der Waals surface area contributed by atoms with Crippen LogP contribution in [0, 0.1) is 28.1 Å². The fraction of sp³-hybridized carbons (Fsp3) is 0.385. The van der Waals surface area contributed by atoms with Gasteiger partial charge in [-0.15, -0.1) is 0 Å². The topological polar surface area (TPSA) is 56.8 Å². The number of benzene rings is 1. The smallest absolute Gasteiger partial charge is 0.223 e. The fourth-order valence-corrected chi connectivity index (χ4v) is 2.94. The summed E-state index contributed by atoms with van der Waals surface area (Å²) in [5.74, 6) is 0.512. The van der Waals surface area contributed by atoms with E-state index in [4.69, 9.17) is 15.3 Å². The molecule has 6 heteroatoms. The Bertz CT molecular complexity index is 556. The Labute approximate surface area is 137 Å². The number of hydrogen-bond donors (Lipinski definition) is 0. The van der Waals surface area contributed by atoms with Gasteiger partial charge in [0.15, 0.2) is 0 Å². The van der Waals surface area contributed by atoms with E-state index in [1.165, 1.54) is 0 Å². The average Bonchev–Trinajstić information content (AvgIpc) is 2.37. The van der Waals surface area contributed by atoms with Crippen LogP contribution in [0.1, 0.15) is 25.0 Å². The van der Waals surface area contributed by atoms with Gasteiger partial charge in [-0.3, -0.25) is 0 Å². The molecule has 3 nitrogen and oxygen atoms in total. The van der Waals surface area contributed by atoms with Crippen LogP contribution in [0.3, 0.4) is 0 Å². The molecule has 0 heterocycles. The molecule has 0 N–H and O–H groups in total. The van der Waals surface area contributed by atoms with Crippen LogP contribution >= 0.6 is 47.8 Å². The standard InChI is InChI=1S/C13H11Br3N2O/c1-12(2,8-14)13(15,16)19-11-4-3-9(6-17)10(5-11)7-18/h3-5H,8H2,1-2H3. The van der Waals surface area contributed by atoms with Crippen LogP contribution < -0.4 is 4.74 Å². The summed E-state index contributed by atoms with van der Waals surface area (Å²) in [6.07, 6.45) is 0. The predicted molar refractivity (Wildman–Crippen MR) is 84.7 cm³/mol. The van der Waals surface area contributed by atoms with Crippen molar-refractivity contribution < 1.29 is 4.74 Å². The predicted octanol–water partition coefficient (Wildman–Crippen LogP) is 4.67. The highest BCUT2D eigenvalue weighted by Gasteiger charge is 2.42. The summed E-state index contributed by atoms with van der Waals surface area (Å²) < 4.78 is 5.06. The monoisotopic (exact) mass is 448 g/mol. The van der Waals surface area contributed by atoms with Gasteiger partial charge >= 0.3 is 0 Å². The minimum absolute atomic E-state index is 0.242. The second kappa shape index (κ2) is 6.26. The molecular formula is C13H11Br3N2O. The zero-order chi connectivity index (χ0) is 14.7. The van der Waals surface area contributed by atoms with Crippen molar-refractivity contribution in [3.05, 3.63) is 29.3 Å². The number of nitrogens with zero attached hydrogens (tertiary/aromatic N) is 2. The zero-order valence-corrected chi connectivity index (χ0v) is 15.1. The van der Waals surface area contributed by atoms with Gasteiger partial charge in [-0.05, 0) is 50.1 Å². The molecule has 0 amide bonds. The maximum atomic E-state index is 8.99. The van der Waals surface area contributed by atoms with Crippen LogP contribution in [0.25, 0.3) is 0 Å². The largest absolute Gasteiger partial charge is 0.465 e. The maximum Gasteiger partial charge on any atom is 0.223 e. The molecule has 0 aromatic heterocycles. The quantitative estimate of drug-likeness (QED) is 0.626. The highest BCUT2D eigenvalue weighted by atomic mass is 79.9. The van der Waals surface area contributed by atoms with E-state index in [0.29, 0.717) is 22.2 Å². The third kappa shape index (κ3) is 3.72. The van der Waals surface area contributed by atoms with E-state index in [2.05, 4.69) is 47.8 Å². The first-order chi connectivity index (χ1) is 8.77. The van der Waals surface area contributed by atoms with Crippen molar-refractivity contribution in [3.63, 3.8) is 0 Å². The molecule has 0 aliphatic rings. The summed E-state index contributed by atoms with van der Waals surface area (Å²) in [7, 11) is 0. The Morgan fingerprint density at radius 3 is 2.21 bits per heavy atom. The number of hydrogen-bond acceptors (Lipinski definition) is 3. The molecular weight excluding hydrogens is 440 g/mol. The highest BCUT2D eigenvalue weighted by molar-refractivity contribution is 9.25. The Kier molecular flexibility index (Phi) is 5.43. The zero-order valence-electron chi connectivity index (χ0n) is 10.4. The molecule has 0 radical (unpaired) electrons. The Balaban J connectivity index is 3.09. The first-order valence-corrected chi connectivity index (χ1v) is 8.05. The summed E-state index contributed by atoms with van der Waals surface area (Å²) in [5.41, 5.74) is 0.394. The fourth-order valence-electron chi connectivity index (χ4n) is 1.14. The third-order valence-electron chi connectivity index (χ3n) is 2.60. The van der Waals surface area contributed by atoms with E-state index >= 15 is 0 Å². The molecule has 0 spiro atoms. The summed E-state index contributed by atoms with van der Waals surface area (Å²) in [4.78, 5) is 0. The highest BCUT2D eigenvalue weighted by Crippen LogP contribution is 2.46. The van der Waals surface area contributed by atoms with Crippen molar-refractivity contribution in [2.24, 2.45) is 5.41 Å². The van der Waals surface area contributed by atoms with E-state index in [1.807, 2.05) is 26.0 Å². The van der Waals surface area contributed by atoms with Crippen molar-refractivity contribution >= 4 is 47.8 Å². The number of alkyl halides is 3. The first kappa shape index (κ1) is 16.5. The van der Waals surface area contributed by atoms with Crippen molar-refractivity contribution in [2.75, 3.05) is 5.33 Å². The van der Waals surface area contributed by atoms with E-state index in [1.54, 1.807) is 18.2 Å². The molecule has 1 aromatic carbocycles. The van der Waals surface area contributed by atoms with Gasteiger partial charge in [0.25, 0.3) is 0 Å².